The van der Waals surface area contributed by atoms with Crippen molar-refractivity contribution in [2.24, 2.45) is 16.7 Å². The minimum atomic E-state index is -2.22. The zero-order valence-electron chi connectivity index (χ0n) is 41.0. The van der Waals surface area contributed by atoms with Crippen molar-refractivity contribution in [1.82, 2.24) is 4.90 Å². The summed E-state index contributed by atoms with van der Waals surface area (Å²) in [7, 11) is 4.37. The molecule has 0 spiro atoms. The normalized spacial score (nSPS) is 33.7. The Morgan fingerprint density at radius 1 is 0.841 bits per heavy atom. The summed E-state index contributed by atoms with van der Waals surface area (Å²) in [6, 6.07) is 22.9. The number of methoxy groups -OCH3 is 3. The molecule has 2 aliphatic heterocycles. The summed E-state index contributed by atoms with van der Waals surface area (Å²) in [5, 5.41) is 14.0. The molecule has 12 unspecified atom stereocenters. The molecule has 1 amide bonds. The largest absolute Gasteiger partial charge is 0.497 e. The highest BCUT2D eigenvalue weighted by molar-refractivity contribution is 5.94. The predicted octanol–water partition coefficient (Wildman–Crippen LogP) is 7.03. The zero-order valence-corrected chi connectivity index (χ0v) is 41.0. The maximum Gasteiger partial charge on any atom is 0.413 e. The van der Waals surface area contributed by atoms with Gasteiger partial charge in [-0.1, -0.05) is 74.5 Å². The molecule has 69 heavy (non-hydrogen) atoms. The van der Waals surface area contributed by atoms with Crippen molar-refractivity contribution in [1.29, 1.82) is 0 Å². The molecular formula is C53H63NO15. The first-order valence-corrected chi connectivity index (χ1v) is 23.2. The minimum absolute atomic E-state index is 0.125. The highest BCUT2D eigenvalue weighted by atomic mass is 16.6. The van der Waals surface area contributed by atoms with Crippen LogP contribution in [-0.4, -0.2) is 121 Å². The van der Waals surface area contributed by atoms with Crippen LogP contribution in [0.25, 0.3) is 0 Å². The Hall–Kier alpha value is -5.65. The van der Waals surface area contributed by atoms with E-state index < -0.39 is 112 Å². The van der Waals surface area contributed by atoms with Crippen molar-refractivity contribution < 1.29 is 71.7 Å². The monoisotopic (exact) mass is 953 g/mol. The van der Waals surface area contributed by atoms with Crippen LogP contribution < -0.4 is 4.74 Å². The number of esters is 3. The molecule has 3 aliphatic carbocycles. The van der Waals surface area contributed by atoms with Gasteiger partial charge in [0.2, 0.25) is 0 Å². The molecule has 2 saturated heterocycles. The molecule has 8 rings (SSSR count). The van der Waals surface area contributed by atoms with E-state index in [1.165, 1.54) is 33.2 Å². The molecule has 2 bridgehead atoms. The molecule has 2 saturated carbocycles. The number of amides is 1. The standard InChI is InChI=1S/C53H63NO15/c1-29-35(65-47(58)41-39(31-18-14-12-15-19-31)54(48(59)69-49(3,4)5)45(66-41)32-22-24-34(61-9)25-23-32)27-53(60)44(67-46(57)33-20-16-13-17-21-33)42-51(8,43(56)40(63-11)38(29)50(53,6)7)36(62-10)26-37-52(42,28-64-37)68-30(2)55/h12-25,35-37,39-42,44-45,60H,26-28H2,1-11H3. The molecule has 4 fully saturated rings. The van der Waals surface area contributed by atoms with E-state index in [1.807, 2.05) is 0 Å². The number of fused-ring (bicyclic) bond motifs is 5. The molecule has 5 aliphatic rings. The molecule has 0 radical (unpaired) electrons. The lowest BCUT2D eigenvalue weighted by Gasteiger charge is -2.67. The lowest BCUT2D eigenvalue weighted by Crippen LogP contribution is -2.82. The predicted molar refractivity (Wildman–Crippen MR) is 246 cm³/mol. The number of Topliss-reactive ketones (excluding diaryl/α,β-unsaturated/α-hetero) is 1. The van der Waals surface area contributed by atoms with Gasteiger partial charge in [-0.15, -0.1) is 0 Å². The Labute approximate surface area is 402 Å². The van der Waals surface area contributed by atoms with Crippen molar-refractivity contribution >= 4 is 29.8 Å². The van der Waals surface area contributed by atoms with Crippen LogP contribution in [0.4, 0.5) is 4.79 Å². The van der Waals surface area contributed by atoms with Gasteiger partial charge in [0.05, 0.1) is 36.7 Å². The van der Waals surface area contributed by atoms with Crippen molar-refractivity contribution in [3.05, 3.63) is 113 Å². The van der Waals surface area contributed by atoms with Gasteiger partial charge in [0.15, 0.2) is 23.7 Å². The topological polar surface area (TPSA) is 192 Å². The maximum absolute atomic E-state index is 15.8. The van der Waals surface area contributed by atoms with Crippen LogP contribution in [0.3, 0.4) is 0 Å². The molecule has 3 aromatic rings. The van der Waals surface area contributed by atoms with E-state index in [1.54, 1.807) is 133 Å². The summed E-state index contributed by atoms with van der Waals surface area (Å²) in [6.07, 6.45) is -9.71. The Balaban J connectivity index is 1.29. The number of aliphatic hydroxyl groups is 1. The third kappa shape index (κ3) is 8.21. The summed E-state index contributed by atoms with van der Waals surface area (Å²) in [5.41, 5.74) is -5.96. The van der Waals surface area contributed by atoms with E-state index in [4.69, 9.17) is 42.6 Å². The summed E-state index contributed by atoms with van der Waals surface area (Å²) >= 11 is 0. The highest BCUT2D eigenvalue weighted by Gasteiger charge is 2.78. The number of nitrogens with zero attached hydrogens (tertiary/aromatic N) is 1. The fourth-order valence-corrected chi connectivity index (χ4v) is 11.8. The van der Waals surface area contributed by atoms with Crippen LogP contribution in [0.1, 0.15) is 102 Å². The van der Waals surface area contributed by atoms with E-state index in [0.717, 1.165) is 0 Å². The van der Waals surface area contributed by atoms with Gasteiger partial charge in [-0.05, 0) is 75.6 Å². The second-order valence-electron chi connectivity index (χ2n) is 20.4. The number of rotatable bonds is 10. The average Bonchev–Trinajstić information content (AvgIpc) is 3.72. The van der Waals surface area contributed by atoms with Crippen LogP contribution in [0.2, 0.25) is 0 Å². The number of hydrogen-bond acceptors (Lipinski definition) is 15. The zero-order chi connectivity index (χ0) is 50.0. The fourth-order valence-electron chi connectivity index (χ4n) is 11.8. The van der Waals surface area contributed by atoms with E-state index in [2.05, 4.69) is 0 Å². The third-order valence-corrected chi connectivity index (χ3v) is 15.1. The van der Waals surface area contributed by atoms with Gasteiger partial charge in [0.25, 0.3) is 0 Å². The van der Waals surface area contributed by atoms with E-state index in [9.17, 15) is 19.5 Å². The molecule has 16 heteroatoms. The van der Waals surface area contributed by atoms with Crippen molar-refractivity contribution in [2.75, 3.05) is 27.9 Å². The first kappa shape index (κ1) is 49.8. The Kier molecular flexibility index (Phi) is 13.2. The van der Waals surface area contributed by atoms with Gasteiger partial charge in [-0.2, -0.15) is 0 Å². The Morgan fingerprint density at radius 3 is 2.03 bits per heavy atom. The molecule has 370 valence electrons. The van der Waals surface area contributed by atoms with Crippen LogP contribution in [0.15, 0.2) is 96.1 Å². The summed E-state index contributed by atoms with van der Waals surface area (Å²) < 4.78 is 55.9. The minimum Gasteiger partial charge on any atom is -0.497 e. The van der Waals surface area contributed by atoms with Gasteiger partial charge in [0, 0.05) is 45.0 Å². The van der Waals surface area contributed by atoms with Gasteiger partial charge in [-0.3, -0.25) is 14.5 Å². The molecule has 3 aromatic carbocycles. The van der Waals surface area contributed by atoms with E-state index in [-0.39, 0.29) is 25.0 Å². The van der Waals surface area contributed by atoms with Crippen LogP contribution in [0.5, 0.6) is 5.75 Å². The lowest BCUT2D eigenvalue weighted by atomic mass is 9.44. The average molecular weight is 954 g/mol. The number of carbonyl (C=O) groups excluding carboxylic acids is 5. The smallest absolute Gasteiger partial charge is 0.413 e. The molecule has 12 atom stereocenters. The molecule has 1 N–H and O–H groups in total. The van der Waals surface area contributed by atoms with E-state index in [0.29, 0.717) is 28.0 Å². The fraction of sp³-hybridized carbons (Fsp3) is 0.528. The van der Waals surface area contributed by atoms with Crippen molar-refractivity contribution in [3.8, 4) is 5.75 Å². The number of ketones is 1. The van der Waals surface area contributed by atoms with Gasteiger partial charge in [-0.25, -0.2) is 14.4 Å². The number of carbonyl (C=O) groups is 5. The highest BCUT2D eigenvalue weighted by Crippen LogP contribution is 2.65. The van der Waals surface area contributed by atoms with Gasteiger partial charge < -0.3 is 47.7 Å². The van der Waals surface area contributed by atoms with Gasteiger partial charge in [0.1, 0.15) is 47.4 Å². The lowest BCUT2D eigenvalue weighted by molar-refractivity contribution is -0.347. The number of hydrogen-bond donors (Lipinski definition) is 1. The number of benzene rings is 3. The second-order valence-corrected chi connectivity index (χ2v) is 20.4. The molecule has 2 heterocycles. The maximum atomic E-state index is 15.8. The van der Waals surface area contributed by atoms with Crippen molar-refractivity contribution in [3.63, 3.8) is 0 Å². The van der Waals surface area contributed by atoms with E-state index >= 15 is 9.59 Å². The number of ether oxygens (including phenoxy) is 9. The summed E-state index contributed by atoms with van der Waals surface area (Å²) in [4.78, 5) is 74.6. The Bertz CT molecular complexity index is 2490. The van der Waals surface area contributed by atoms with Crippen LogP contribution in [0, 0.1) is 16.7 Å². The summed E-state index contributed by atoms with van der Waals surface area (Å²) in [5.74, 6) is -3.65. The first-order valence-electron chi connectivity index (χ1n) is 23.2. The Morgan fingerprint density at radius 2 is 1.48 bits per heavy atom. The van der Waals surface area contributed by atoms with Crippen LogP contribution in [-0.2, 0) is 52.3 Å². The molecule has 16 nitrogen and oxygen atoms in total. The third-order valence-electron chi connectivity index (χ3n) is 15.1. The first-order chi connectivity index (χ1) is 32.6. The quantitative estimate of drug-likeness (QED) is 0.124. The van der Waals surface area contributed by atoms with Gasteiger partial charge >= 0.3 is 24.0 Å². The molecule has 0 aromatic heterocycles. The van der Waals surface area contributed by atoms with Crippen LogP contribution >= 0.6 is 0 Å². The summed E-state index contributed by atoms with van der Waals surface area (Å²) in [6.45, 7) is 13.1. The van der Waals surface area contributed by atoms with Crippen molar-refractivity contribution in [2.45, 2.75) is 134 Å². The molecular weight excluding hydrogens is 891 g/mol. The second kappa shape index (κ2) is 18.3. The SMILES string of the molecule is COc1ccc(C2OC(C(=O)OC3CC4(O)C(OC(=O)c5ccccc5)C5C6(OC(C)=O)COC6CC(OC)C5(C)C(=O)C(OC)C(=C3C)C4(C)C)C(c3ccccc3)N2C(=O)OC(C)(C)C)cc1.